The van der Waals surface area contributed by atoms with Crippen molar-refractivity contribution in [2.75, 3.05) is 18.5 Å². The lowest BCUT2D eigenvalue weighted by atomic mass is 10.1. The maximum absolute atomic E-state index is 12.5. The number of carbonyl (C=O) groups excluding carboxylic acids is 1. The maximum atomic E-state index is 12.5. The fourth-order valence-electron chi connectivity index (χ4n) is 3.07. The Hall–Kier alpha value is -2.42. The summed E-state index contributed by atoms with van der Waals surface area (Å²) < 4.78 is 38.8. The normalized spacial score (nSPS) is 17.0. The van der Waals surface area contributed by atoms with Crippen LogP contribution < -0.4 is 14.8 Å². The third-order valence-corrected chi connectivity index (χ3v) is 6.17. The highest BCUT2D eigenvalue weighted by Gasteiger charge is 2.22. The van der Waals surface area contributed by atoms with Crippen LogP contribution in [0.5, 0.6) is 5.75 Å². The first-order valence-corrected chi connectivity index (χ1v) is 11.4. The Morgan fingerprint density at radius 1 is 1.17 bits per heavy atom. The molecule has 8 heteroatoms. The summed E-state index contributed by atoms with van der Waals surface area (Å²) in [6.45, 7) is 6.58. The van der Waals surface area contributed by atoms with Crippen LogP contribution in [0.3, 0.4) is 0 Å². The van der Waals surface area contributed by atoms with E-state index in [0.717, 1.165) is 19.4 Å². The minimum atomic E-state index is -3.69. The first kappa shape index (κ1) is 22.3. The highest BCUT2D eigenvalue weighted by molar-refractivity contribution is 7.89. The second kappa shape index (κ2) is 9.16. The largest absolute Gasteiger partial charge is 0.491 e. The van der Waals surface area contributed by atoms with Crippen LogP contribution in [0.15, 0.2) is 53.4 Å². The molecule has 1 aliphatic heterocycles. The molecule has 0 aliphatic carbocycles. The van der Waals surface area contributed by atoms with Crippen LogP contribution in [0.25, 0.3) is 0 Å². The van der Waals surface area contributed by atoms with Crippen molar-refractivity contribution in [2.45, 2.75) is 50.2 Å². The molecular weight excluding hydrogens is 404 g/mol. The van der Waals surface area contributed by atoms with Crippen LogP contribution in [0.2, 0.25) is 0 Å². The Balaban J connectivity index is 1.63. The third kappa shape index (κ3) is 6.29. The van der Waals surface area contributed by atoms with Crippen LogP contribution in [-0.2, 0) is 14.8 Å². The van der Waals surface area contributed by atoms with Gasteiger partial charge in [-0.05, 0) is 76.1 Å². The van der Waals surface area contributed by atoms with Crippen molar-refractivity contribution in [3.8, 4) is 5.75 Å². The first-order valence-electron chi connectivity index (χ1n) is 9.92. The molecule has 1 saturated heterocycles. The summed E-state index contributed by atoms with van der Waals surface area (Å²) in [5.41, 5.74) is 0.238. The number of hydrogen-bond acceptors (Lipinski definition) is 5. The lowest BCUT2D eigenvalue weighted by Gasteiger charge is -2.20. The van der Waals surface area contributed by atoms with Gasteiger partial charge in [-0.1, -0.05) is 6.07 Å². The quantitative estimate of drug-likeness (QED) is 0.698. The predicted molar refractivity (Wildman–Crippen MR) is 115 cm³/mol. The smallest absolute Gasteiger partial charge is 0.255 e. The second-order valence-corrected chi connectivity index (χ2v) is 9.99. The van der Waals surface area contributed by atoms with E-state index in [1.54, 1.807) is 57.2 Å². The highest BCUT2D eigenvalue weighted by atomic mass is 32.2. The molecule has 0 radical (unpaired) electrons. The molecule has 0 bridgehead atoms. The SMILES string of the molecule is CC(C)(C)NS(=O)(=O)c1cccc(NC(=O)c2ccc(OCC3CCCO3)cc2)c1. The Labute approximate surface area is 177 Å². The van der Waals surface area contributed by atoms with Crippen LogP contribution in [0.4, 0.5) is 5.69 Å². The van der Waals surface area contributed by atoms with Crippen molar-refractivity contribution in [1.29, 1.82) is 0 Å². The summed E-state index contributed by atoms with van der Waals surface area (Å²) in [7, 11) is -3.69. The second-order valence-electron chi connectivity index (χ2n) is 8.31. The van der Waals surface area contributed by atoms with Gasteiger partial charge in [0.1, 0.15) is 12.4 Å². The van der Waals surface area contributed by atoms with E-state index in [4.69, 9.17) is 9.47 Å². The van der Waals surface area contributed by atoms with Crippen LogP contribution in [0.1, 0.15) is 44.0 Å². The van der Waals surface area contributed by atoms with Crippen molar-refractivity contribution in [3.05, 3.63) is 54.1 Å². The molecule has 1 unspecified atom stereocenters. The number of hydrogen-bond donors (Lipinski definition) is 2. The number of carbonyl (C=O) groups is 1. The fourth-order valence-corrected chi connectivity index (χ4v) is 4.54. The Bertz CT molecular complexity index is 975. The zero-order chi connectivity index (χ0) is 21.8. The number of amides is 1. The molecule has 0 aromatic heterocycles. The molecule has 3 rings (SSSR count). The number of rotatable bonds is 7. The molecular formula is C22H28N2O5S. The van der Waals surface area contributed by atoms with Gasteiger partial charge in [-0.2, -0.15) is 0 Å². The van der Waals surface area contributed by atoms with Gasteiger partial charge >= 0.3 is 0 Å². The number of benzene rings is 2. The lowest BCUT2D eigenvalue weighted by molar-refractivity contribution is 0.0679. The van der Waals surface area contributed by atoms with Gasteiger partial charge in [0.2, 0.25) is 10.0 Å². The van der Waals surface area contributed by atoms with Crippen molar-refractivity contribution < 1.29 is 22.7 Å². The van der Waals surface area contributed by atoms with Gasteiger partial charge in [0, 0.05) is 23.4 Å². The van der Waals surface area contributed by atoms with Gasteiger partial charge in [-0.25, -0.2) is 13.1 Å². The van der Waals surface area contributed by atoms with Gasteiger partial charge in [0.15, 0.2) is 0 Å². The van der Waals surface area contributed by atoms with Crippen molar-refractivity contribution in [3.63, 3.8) is 0 Å². The molecule has 1 aliphatic rings. The Kier molecular flexibility index (Phi) is 6.80. The van der Waals surface area contributed by atoms with Crippen molar-refractivity contribution >= 4 is 21.6 Å². The molecule has 1 atom stereocenters. The zero-order valence-electron chi connectivity index (χ0n) is 17.5. The molecule has 1 heterocycles. The molecule has 2 aromatic carbocycles. The van der Waals surface area contributed by atoms with Crippen LogP contribution in [-0.4, -0.2) is 39.2 Å². The number of ether oxygens (including phenoxy) is 2. The standard InChI is InChI=1S/C22H28N2O5S/c1-22(2,3)24-30(26,27)20-8-4-6-17(14-20)23-21(25)16-9-11-18(12-10-16)29-15-19-7-5-13-28-19/h4,6,8-12,14,19,24H,5,7,13,15H2,1-3H3,(H,23,25). The molecule has 1 fully saturated rings. The van der Waals surface area contributed by atoms with E-state index in [2.05, 4.69) is 10.0 Å². The highest BCUT2D eigenvalue weighted by Crippen LogP contribution is 2.20. The molecule has 2 aromatic rings. The molecule has 30 heavy (non-hydrogen) atoms. The monoisotopic (exact) mass is 432 g/mol. The zero-order valence-corrected chi connectivity index (χ0v) is 18.3. The summed E-state index contributed by atoms with van der Waals surface area (Å²) >= 11 is 0. The summed E-state index contributed by atoms with van der Waals surface area (Å²) in [5.74, 6) is 0.336. The fraction of sp³-hybridized carbons (Fsp3) is 0.409. The summed E-state index contributed by atoms with van der Waals surface area (Å²) in [5, 5.41) is 2.74. The van der Waals surface area contributed by atoms with E-state index in [1.807, 2.05) is 0 Å². The molecule has 7 nitrogen and oxygen atoms in total. The number of nitrogens with one attached hydrogen (secondary N) is 2. The number of anilines is 1. The minimum Gasteiger partial charge on any atom is -0.491 e. The molecule has 2 N–H and O–H groups in total. The lowest BCUT2D eigenvalue weighted by Crippen LogP contribution is -2.40. The van der Waals surface area contributed by atoms with Gasteiger partial charge in [0.05, 0.1) is 11.0 Å². The summed E-state index contributed by atoms with van der Waals surface area (Å²) in [6, 6.07) is 13.0. The van der Waals surface area contributed by atoms with Crippen LogP contribution in [0, 0.1) is 0 Å². The van der Waals surface area contributed by atoms with E-state index in [1.165, 1.54) is 12.1 Å². The molecule has 0 saturated carbocycles. The van der Waals surface area contributed by atoms with E-state index in [0.29, 0.717) is 23.6 Å². The topological polar surface area (TPSA) is 93.7 Å². The maximum Gasteiger partial charge on any atom is 0.255 e. The predicted octanol–water partition coefficient (Wildman–Crippen LogP) is 3.57. The molecule has 162 valence electrons. The van der Waals surface area contributed by atoms with Crippen molar-refractivity contribution in [1.82, 2.24) is 4.72 Å². The van der Waals surface area contributed by atoms with E-state index in [9.17, 15) is 13.2 Å². The number of sulfonamides is 1. The third-order valence-electron chi connectivity index (χ3n) is 4.42. The van der Waals surface area contributed by atoms with E-state index >= 15 is 0 Å². The van der Waals surface area contributed by atoms with Gasteiger partial charge in [0.25, 0.3) is 5.91 Å². The van der Waals surface area contributed by atoms with Gasteiger partial charge in [-0.15, -0.1) is 0 Å². The van der Waals surface area contributed by atoms with Gasteiger partial charge in [-0.3, -0.25) is 4.79 Å². The van der Waals surface area contributed by atoms with Crippen LogP contribution >= 0.6 is 0 Å². The molecule has 0 spiro atoms. The average Bonchev–Trinajstić information content (AvgIpc) is 3.19. The minimum absolute atomic E-state index is 0.0908. The average molecular weight is 433 g/mol. The molecule has 1 amide bonds. The van der Waals surface area contributed by atoms with Gasteiger partial charge < -0.3 is 14.8 Å². The first-order chi connectivity index (χ1) is 14.1. The summed E-state index contributed by atoms with van der Waals surface area (Å²) in [6.07, 6.45) is 2.19. The Morgan fingerprint density at radius 2 is 1.90 bits per heavy atom. The van der Waals surface area contributed by atoms with E-state index < -0.39 is 15.6 Å². The van der Waals surface area contributed by atoms with Crippen molar-refractivity contribution in [2.24, 2.45) is 0 Å². The summed E-state index contributed by atoms with van der Waals surface area (Å²) in [4.78, 5) is 12.6. The Morgan fingerprint density at radius 3 is 2.53 bits per heavy atom. The van der Waals surface area contributed by atoms with E-state index in [-0.39, 0.29) is 16.9 Å².